The second-order valence-corrected chi connectivity index (χ2v) is 9.89. The fourth-order valence-corrected chi connectivity index (χ4v) is 5.44. The average Bonchev–Trinajstić information content (AvgIpc) is 3.57. The van der Waals surface area contributed by atoms with E-state index in [1.807, 2.05) is 30.3 Å². The summed E-state index contributed by atoms with van der Waals surface area (Å²) in [6, 6.07) is 16.4. The monoisotopic (exact) mass is 502 g/mol. The van der Waals surface area contributed by atoms with E-state index in [2.05, 4.69) is 62.8 Å². The molecule has 0 saturated carbocycles. The maximum Gasteiger partial charge on any atom is 0.143 e. The molecule has 0 atom stereocenters. The number of imidazole rings is 1. The van der Waals surface area contributed by atoms with Gasteiger partial charge in [0.25, 0.3) is 0 Å². The molecular weight excluding hydrogens is 472 g/mol. The minimum atomic E-state index is 0.381. The van der Waals surface area contributed by atoms with Crippen molar-refractivity contribution in [3.05, 3.63) is 77.5 Å². The number of aromatic nitrogens is 5. The average molecular weight is 503 g/mol. The van der Waals surface area contributed by atoms with E-state index in [-0.39, 0.29) is 0 Å². The van der Waals surface area contributed by atoms with E-state index < -0.39 is 0 Å². The first-order valence-corrected chi connectivity index (χ1v) is 12.9. The van der Waals surface area contributed by atoms with Gasteiger partial charge in [-0.15, -0.1) is 6.42 Å². The highest BCUT2D eigenvalue weighted by molar-refractivity contribution is 5.92. The Kier molecular flexibility index (Phi) is 6.09. The lowest BCUT2D eigenvalue weighted by Gasteiger charge is -2.32. The van der Waals surface area contributed by atoms with Crippen LogP contribution in [-0.4, -0.2) is 45.1 Å². The molecule has 2 N–H and O–H groups in total. The normalized spacial score (nSPS) is 14.1. The van der Waals surface area contributed by atoms with Crippen LogP contribution in [0.1, 0.15) is 41.4 Å². The van der Waals surface area contributed by atoms with Crippen LogP contribution in [-0.2, 0) is 0 Å². The molecule has 0 unspecified atom stereocenters. The third-order valence-electron chi connectivity index (χ3n) is 7.53. The summed E-state index contributed by atoms with van der Waals surface area (Å²) >= 11 is 0. The smallest absolute Gasteiger partial charge is 0.143 e. The number of terminal acetylenes is 1. The fourth-order valence-electron chi connectivity index (χ4n) is 5.44. The number of anilines is 1. The van der Waals surface area contributed by atoms with Gasteiger partial charge in [-0.25, -0.2) is 15.0 Å². The Labute approximate surface area is 222 Å². The van der Waals surface area contributed by atoms with E-state index in [0.717, 1.165) is 93.7 Å². The number of aryl methyl sites for hydroxylation is 2. The van der Waals surface area contributed by atoms with Crippen LogP contribution in [0.3, 0.4) is 0 Å². The van der Waals surface area contributed by atoms with Crippen molar-refractivity contribution in [2.45, 2.75) is 32.6 Å². The van der Waals surface area contributed by atoms with Gasteiger partial charge in [-0.1, -0.05) is 18.1 Å². The highest BCUT2D eigenvalue weighted by atomic mass is 16.5. The largest absolute Gasteiger partial charge is 0.496 e. The summed E-state index contributed by atoms with van der Waals surface area (Å²) < 4.78 is 5.42. The van der Waals surface area contributed by atoms with E-state index in [4.69, 9.17) is 16.1 Å². The van der Waals surface area contributed by atoms with Crippen LogP contribution in [0.2, 0.25) is 0 Å². The predicted molar refractivity (Wildman–Crippen MR) is 151 cm³/mol. The summed E-state index contributed by atoms with van der Waals surface area (Å²) in [5, 5.41) is 1.04. The number of ether oxygens (including phenoxy) is 1. The lowest BCUT2D eigenvalue weighted by Crippen LogP contribution is -2.33. The third kappa shape index (κ3) is 4.28. The number of hydrogen-bond acceptors (Lipinski definition) is 5. The van der Waals surface area contributed by atoms with Gasteiger partial charge in [0.1, 0.15) is 29.4 Å². The molecule has 4 heterocycles. The van der Waals surface area contributed by atoms with Gasteiger partial charge < -0.3 is 19.6 Å². The van der Waals surface area contributed by atoms with Crippen molar-refractivity contribution in [3.8, 4) is 40.6 Å². The zero-order valence-corrected chi connectivity index (χ0v) is 21.9. The number of hydrogen-bond donors (Lipinski definition) is 2. The highest BCUT2D eigenvalue weighted by Gasteiger charge is 2.26. The Bertz CT molecular complexity index is 1650. The Morgan fingerprint density at radius 2 is 1.74 bits per heavy atom. The molecule has 0 spiro atoms. The first kappa shape index (κ1) is 23.8. The molecule has 7 heteroatoms. The van der Waals surface area contributed by atoms with Crippen molar-refractivity contribution in [1.29, 1.82) is 0 Å². The molecule has 5 aromatic rings. The molecule has 3 aromatic heterocycles. The summed E-state index contributed by atoms with van der Waals surface area (Å²) in [7, 11) is 1.70. The van der Waals surface area contributed by atoms with Crippen LogP contribution in [0.25, 0.3) is 33.5 Å². The van der Waals surface area contributed by atoms with Gasteiger partial charge >= 0.3 is 0 Å². The Morgan fingerprint density at radius 1 is 0.974 bits per heavy atom. The van der Waals surface area contributed by atoms with Gasteiger partial charge in [-0.3, -0.25) is 0 Å². The topological polar surface area (TPSA) is 82.7 Å². The molecule has 1 aliphatic rings. The number of fused-ring (bicyclic) bond motifs is 1. The van der Waals surface area contributed by atoms with Crippen LogP contribution in [0.4, 0.5) is 5.82 Å². The summed E-state index contributed by atoms with van der Waals surface area (Å²) in [6.45, 7) is 5.96. The van der Waals surface area contributed by atoms with Gasteiger partial charge in [0, 0.05) is 35.8 Å². The molecule has 1 saturated heterocycles. The maximum absolute atomic E-state index is 5.51. The SMILES string of the molecule is C#Cc1ccc(-c2cc3c(N4CCC(c5nc(C)c(-c6ccc(OC)c(C)c6)[nH]5)CC4)ncnc3[nH]2)cc1. The van der Waals surface area contributed by atoms with Crippen LogP contribution >= 0.6 is 0 Å². The minimum Gasteiger partial charge on any atom is -0.496 e. The lowest BCUT2D eigenvalue weighted by atomic mass is 9.96. The number of rotatable bonds is 5. The Balaban J connectivity index is 1.20. The van der Waals surface area contributed by atoms with Crippen LogP contribution < -0.4 is 9.64 Å². The van der Waals surface area contributed by atoms with Gasteiger partial charge in [0.2, 0.25) is 0 Å². The van der Waals surface area contributed by atoms with Gasteiger partial charge in [-0.2, -0.15) is 0 Å². The van der Waals surface area contributed by atoms with E-state index in [1.54, 1.807) is 13.4 Å². The summed E-state index contributed by atoms with van der Waals surface area (Å²) in [5.41, 5.74) is 8.15. The van der Waals surface area contributed by atoms with E-state index in [9.17, 15) is 0 Å². The lowest BCUT2D eigenvalue weighted by molar-refractivity contribution is 0.412. The van der Waals surface area contributed by atoms with Crippen molar-refractivity contribution in [2.24, 2.45) is 0 Å². The van der Waals surface area contributed by atoms with E-state index in [1.165, 1.54) is 0 Å². The molecule has 0 aliphatic carbocycles. The number of piperidine rings is 1. The number of H-pyrrole nitrogens is 2. The number of aromatic amines is 2. The quantitative estimate of drug-likeness (QED) is 0.288. The third-order valence-corrected chi connectivity index (χ3v) is 7.53. The van der Waals surface area contributed by atoms with Crippen molar-refractivity contribution in [3.63, 3.8) is 0 Å². The van der Waals surface area contributed by atoms with Crippen LogP contribution in [0.15, 0.2) is 54.9 Å². The molecule has 6 rings (SSSR count). The molecular formula is C31H30N6O. The maximum atomic E-state index is 5.51. The zero-order valence-electron chi connectivity index (χ0n) is 21.9. The fraction of sp³-hybridized carbons (Fsp3) is 0.258. The van der Waals surface area contributed by atoms with Gasteiger partial charge in [0.15, 0.2) is 0 Å². The molecule has 2 aromatic carbocycles. The zero-order chi connectivity index (χ0) is 26.2. The second-order valence-electron chi connectivity index (χ2n) is 9.89. The molecule has 7 nitrogen and oxygen atoms in total. The van der Waals surface area contributed by atoms with Crippen LogP contribution in [0.5, 0.6) is 5.75 Å². The molecule has 38 heavy (non-hydrogen) atoms. The number of nitrogens with zero attached hydrogens (tertiary/aromatic N) is 4. The molecule has 1 aliphatic heterocycles. The summed E-state index contributed by atoms with van der Waals surface area (Å²) in [4.78, 5) is 23.5. The standard InChI is InChI=1S/C31H30N6O/c1-5-21-6-8-22(9-7-21)26-17-25-30(35-26)32-18-33-31(25)37-14-12-23(13-15-37)29-34-20(3)28(36-29)24-10-11-27(38-4)19(2)16-24/h1,6-11,16-18,23H,12-15H2,2-4H3,(H,34,36)(H,32,33,35). The van der Waals surface area contributed by atoms with Crippen molar-refractivity contribution in [1.82, 2.24) is 24.9 Å². The Morgan fingerprint density at radius 3 is 2.45 bits per heavy atom. The summed E-state index contributed by atoms with van der Waals surface area (Å²) in [6.07, 6.45) is 9.16. The minimum absolute atomic E-state index is 0.381. The summed E-state index contributed by atoms with van der Waals surface area (Å²) in [5.74, 6) is 5.99. The van der Waals surface area contributed by atoms with E-state index >= 15 is 0 Å². The molecule has 0 radical (unpaired) electrons. The van der Waals surface area contributed by atoms with Crippen LogP contribution in [0, 0.1) is 26.2 Å². The second kappa shape index (κ2) is 9.71. The number of nitrogens with one attached hydrogen (secondary N) is 2. The number of methoxy groups -OCH3 is 1. The highest BCUT2D eigenvalue weighted by Crippen LogP contribution is 2.35. The van der Waals surface area contributed by atoms with Crippen molar-refractivity contribution < 1.29 is 4.74 Å². The van der Waals surface area contributed by atoms with E-state index in [0.29, 0.717) is 5.92 Å². The predicted octanol–water partition coefficient (Wildman–Crippen LogP) is 6.01. The molecule has 1 fully saturated rings. The van der Waals surface area contributed by atoms with Crippen molar-refractivity contribution >= 4 is 16.9 Å². The Hall–Kier alpha value is -4.57. The molecule has 190 valence electrons. The first-order valence-electron chi connectivity index (χ1n) is 12.9. The van der Waals surface area contributed by atoms with Gasteiger partial charge in [-0.05, 0) is 74.2 Å². The molecule has 0 bridgehead atoms. The van der Waals surface area contributed by atoms with Crippen molar-refractivity contribution in [2.75, 3.05) is 25.1 Å². The first-order chi connectivity index (χ1) is 18.5. The number of benzene rings is 2. The molecule has 0 amide bonds. The van der Waals surface area contributed by atoms with Gasteiger partial charge in [0.05, 0.1) is 23.9 Å².